The highest BCUT2D eigenvalue weighted by molar-refractivity contribution is 5.99. The fourth-order valence-corrected chi connectivity index (χ4v) is 2.64. The van der Waals surface area contributed by atoms with E-state index in [1.54, 1.807) is 0 Å². The van der Waals surface area contributed by atoms with Gasteiger partial charge in [-0.15, -0.1) is 0 Å². The van der Waals surface area contributed by atoms with Gasteiger partial charge < -0.3 is 4.74 Å². The van der Waals surface area contributed by atoms with Gasteiger partial charge in [0.15, 0.2) is 0 Å². The molecular weight excluding hydrogens is 220 g/mol. The predicted octanol–water partition coefficient (Wildman–Crippen LogP) is 3.93. The van der Waals surface area contributed by atoms with E-state index < -0.39 is 0 Å². The van der Waals surface area contributed by atoms with E-state index in [-0.39, 0.29) is 0 Å². The molecule has 0 aliphatic carbocycles. The summed E-state index contributed by atoms with van der Waals surface area (Å²) in [6.45, 7) is 0.921. The Balaban J connectivity index is 1.98. The molecule has 0 aromatic heterocycles. The Kier molecular flexibility index (Phi) is 2.14. The van der Waals surface area contributed by atoms with Crippen molar-refractivity contribution in [2.24, 2.45) is 0 Å². The zero-order chi connectivity index (χ0) is 11.9. The maximum atomic E-state index is 5.35. The number of fused-ring (bicyclic) bond motifs is 2. The lowest BCUT2D eigenvalue weighted by Crippen LogP contribution is -1.94. The van der Waals surface area contributed by atoms with Gasteiger partial charge in [-0.3, -0.25) is 0 Å². The van der Waals surface area contributed by atoms with E-state index in [0.29, 0.717) is 6.10 Å². The molecule has 88 valence electrons. The summed E-state index contributed by atoms with van der Waals surface area (Å²) in [5.41, 5.74) is 1.40. The second kappa shape index (κ2) is 3.82. The Morgan fingerprint density at radius 3 is 2.39 bits per heavy atom. The molecule has 3 aromatic rings. The summed E-state index contributed by atoms with van der Waals surface area (Å²) < 4.78 is 5.35. The number of rotatable bonds is 2. The summed E-state index contributed by atoms with van der Waals surface area (Å²) in [5.74, 6) is 0. The van der Waals surface area contributed by atoms with Crippen molar-refractivity contribution in [1.29, 1.82) is 0 Å². The molecule has 1 saturated heterocycles. The van der Waals surface area contributed by atoms with Crippen LogP contribution < -0.4 is 0 Å². The molecule has 4 rings (SSSR count). The van der Waals surface area contributed by atoms with Crippen LogP contribution in [0.2, 0.25) is 0 Å². The SMILES string of the molecule is c1ccc2cc3c(CC4CO4)cccc3cc2c1. The molecule has 1 fully saturated rings. The van der Waals surface area contributed by atoms with Crippen LogP contribution >= 0.6 is 0 Å². The Labute approximate surface area is 106 Å². The molecule has 18 heavy (non-hydrogen) atoms. The average molecular weight is 234 g/mol. The summed E-state index contributed by atoms with van der Waals surface area (Å²) in [6, 6.07) is 19.7. The maximum absolute atomic E-state index is 5.35. The van der Waals surface area contributed by atoms with Crippen LogP contribution in [-0.2, 0) is 11.2 Å². The smallest absolute Gasteiger partial charge is 0.0850 e. The second-order valence-corrected chi connectivity index (χ2v) is 5.00. The quantitative estimate of drug-likeness (QED) is 0.483. The Morgan fingerprint density at radius 1 is 0.889 bits per heavy atom. The molecule has 0 N–H and O–H groups in total. The molecule has 0 amide bonds. The highest BCUT2D eigenvalue weighted by atomic mass is 16.6. The van der Waals surface area contributed by atoms with Gasteiger partial charge in [-0.05, 0) is 39.2 Å². The Hall–Kier alpha value is -1.86. The zero-order valence-corrected chi connectivity index (χ0v) is 10.1. The van der Waals surface area contributed by atoms with E-state index in [4.69, 9.17) is 4.74 Å². The van der Waals surface area contributed by atoms with Crippen LogP contribution in [-0.4, -0.2) is 12.7 Å². The third-order valence-electron chi connectivity index (χ3n) is 3.69. The number of hydrogen-bond donors (Lipinski definition) is 0. The maximum Gasteiger partial charge on any atom is 0.0850 e. The molecule has 1 heterocycles. The molecule has 1 unspecified atom stereocenters. The Bertz CT molecular complexity index is 726. The van der Waals surface area contributed by atoms with Crippen molar-refractivity contribution in [3.63, 3.8) is 0 Å². The van der Waals surface area contributed by atoms with E-state index >= 15 is 0 Å². The normalized spacial score (nSPS) is 18.3. The van der Waals surface area contributed by atoms with E-state index in [0.717, 1.165) is 13.0 Å². The first-order valence-corrected chi connectivity index (χ1v) is 6.42. The van der Waals surface area contributed by atoms with Crippen LogP contribution in [0.25, 0.3) is 21.5 Å². The topological polar surface area (TPSA) is 12.5 Å². The highest BCUT2D eigenvalue weighted by Gasteiger charge is 2.23. The largest absolute Gasteiger partial charge is 0.373 e. The molecule has 1 aliphatic heterocycles. The van der Waals surface area contributed by atoms with Crippen LogP contribution in [0.4, 0.5) is 0 Å². The van der Waals surface area contributed by atoms with Crippen molar-refractivity contribution >= 4 is 21.5 Å². The number of hydrogen-bond acceptors (Lipinski definition) is 1. The average Bonchev–Trinajstić information content (AvgIpc) is 3.21. The first-order valence-electron chi connectivity index (χ1n) is 6.42. The minimum Gasteiger partial charge on any atom is -0.373 e. The van der Waals surface area contributed by atoms with Gasteiger partial charge in [-0.1, -0.05) is 42.5 Å². The van der Waals surface area contributed by atoms with Crippen molar-refractivity contribution in [2.75, 3.05) is 6.61 Å². The van der Waals surface area contributed by atoms with Crippen LogP contribution in [0.15, 0.2) is 54.6 Å². The van der Waals surface area contributed by atoms with Gasteiger partial charge in [0.05, 0.1) is 12.7 Å². The minimum absolute atomic E-state index is 0.446. The lowest BCUT2D eigenvalue weighted by molar-refractivity contribution is 0.408. The van der Waals surface area contributed by atoms with Crippen molar-refractivity contribution < 1.29 is 4.74 Å². The summed E-state index contributed by atoms with van der Waals surface area (Å²) in [7, 11) is 0. The fraction of sp³-hybridized carbons (Fsp3) is 0.176. The second-order valence-electron chi connectivity index (χ2n) is 5.00. The fourth-order valence-electron chi connectivity index (χ4n) is 2.64. The minimum atomic E-state index is 0.446. The molecule has 1 heteroatoms. The standard InChI is InChI=1S/C17H14O/c1-2-5-13-10-17-14(8-12(13)4-1)6-3-7-15(17)9-16-11-18-16/h1-8,10,16H,9,11H2. The summed E-state index contributed by atoms with van der Waals surface area (Å²) in [5, 5.41) is 5.32. The van der Waals surface area contributed by atoms with Gasteiger partial charge in [-0.2, -0.15) is 0 Å². The molecule has 0 spiro atoms. The first kappa shape index (κ1) is 10.1. The van der Waals surface area contributed by atoms with E-state index in [1.807, 2.05) is 0 Å². The van der Waals surface area contributed by atoms with Crippen molar-refractivity contribution in [2.45, 2.75) is 12.5 Å². The monoisotopic (exact) mass is 234 g/mol. The van der Waals surface area contributed by atoms with E-state index in [2.05, 4.69) is 54.6 Å². The number of benzene rings is 3. The van der Waals surface area contributed by atoms with Gasteiger partial charge >= 0.3 is 0 Å². The summed E-state index contributed by atoms with van der Waals surface area (Å²) in [4.78, 5) is 0. The summed E-state index contributed by atoms with van der Waals surface area (Å²) in [6.07, 6.45) is 1.48. The highest BCUT2D eigenvalue weighted by Crippen LogP contribution is 2.28. The van der Waals surface area contributed by atoms with E-state index in [9.17, 15) is 0 Å². The molecule has 3 aromatic carbocycles. The van der Waals surface area contributed by atoms with Gasteiger partial charge in [0.25, 0.3) is 0 Å². The third-order valence-corrected chi connectivity index (χ3v) is 3.69. The summed E-state index contributed by atoms with van der Waals surface area (Å²) >= 11 is 0. The van der Waals surface area contributed by atoms with Gasteiger partial charge in [-0.25, -0.2) is 0 Å². The van der Waals surface area contributed by atoms with Crippen LogP contribution in [0.1, 0.15) is 5.56 Å². The lowest BCUT2D eigenvalue weighted by Gasteiger charge is -2.07. The van der Waals surface area contributed by atoms with Crippen molar-refractivity contribution in [3.8, 4) is 0 Å². The van der Waals surface area contributed by atoms with Gasteiger partial charge in [0.1, 0.15) is 0 Å². The lowest BCUT2D eigenvalue weighted by atomic mass is 9.97. The number of epoxide rings is 1. The molecule has 0 radical (unpaired) electrons. The molecule has 1 nitrogen and oxygen atoms in total. The molecular formula is C17H14O. The van der Waals surface area contributed by atoms with Gasteiger partial charge in [0.2, 0.25) is 0 Å². The number of ether oxygens (including phenoxy) is 1. The van der Waals surface area contributed by atoms with Gasteiger partial charge in [0, 0.05) is 6.42 Å². The first-order chi connectivity index (χ1) is 8.90. The van der Waals surface area contributed by atoms with Crippen LogP contribution in [0, 0.1) is 0 Å². The van der Waals surface area contributed by atoms with E-state index in [1.165, 1.54) is 27.1 Å². The molecule has 0 saturated carbocycles. The Morgan fingerprint density at radius 2 is 1.61 bits per heavy atom. The molecule has 0 bridgehead atoms. The zero-order valence-electron chi connectivity index (χ0n) is 10.1. The van der Waals surface area contributed by atoms with Crippen LogP contribution in [0.5, 0.6) is 0 Å². The van der Waals surface area contributed by atoms with Crippen LogP contribution in [0.3, 0.4) is 0 Å². The molecule has 1 atom stereocenters. The third kappa shape index (κ3) is 1.68. The predicted molar refractivity (Wildman–Crippen MR) is 74.9 cm³/mol. The molecule has 1 aliphatic rings. The van der Waals surface area contributed by atoms with Crippen molar-refractivity contribution in [1.82, 2.24) is 0 Å². The van der Waals surface area contributed by atoms with Crippen molar-refractivity contribution in [3.05, 3.63) is 60.2 Å².